The normalized spacial score (nSPS) is 26.4. The second kappa shape index (κ2) is 7.13. The quantitative estimate of drug-likeness (QED) is 0.572. The molecule has 1 fully saturated rings. The lowest BCUT2D eigenvalue weighted by Gasteiger charge is -2.31. The van der Waals surface area contributed by atoms with E-state index in [1.807, 2.05) is 0 Å². The predicted octanol–water partition coefficient (Wildman–Crippen LogP) is 4.67. The summed E-state index contributed by atoms with van der Waals surface area (Å²) < 4.78 is 66.4. The summed E-state index contributed by atoms with van der Waals surface area (Å²) in [4.78, 5) is 19.1. The minimum absolute atomic E-state index is 0.0327. The SMILES string of the molecule is C=C1CCCCC1NC1=NC(=O)C(C)(C(F)(F)c2ccnc(C(F)(F)F)c2)S1. The minimum atomic E-state index is -4.87. The second-order valence-electron chi connectivity index (χ2n) is 6.96. The number of aromatic nitrogens is 1. The van der Waals surface area contributed by atoms with Gasteiger partial charge in [0.15, 0.2) is 9.91 Å². The molecule has 2 heterocycles. The molecule has 4 nitrogen and oxygen atoms in total. The number of thioether (sulfide) groups is 1. The minimum Gasteiger partial charge on any atom is -0.358 e. The van der Waals surface area contributed by atoms with E-state index in [1.54, 1.807) is 0 Å². The number of carbonyl (C=O) groups is 1. The van der Waals surface area contributed by atoms with Gasteiger partial charge in [0.1, 0.15) is 5.69 Å². The van der Waals surface area contributed by atoms with Gasteiger partial charge in [-0.05, 0) is 38.3 Å². The molecule has 0 saturated heterocycles. The lowest BCUT2D eigenvalue weighted by molar-refractivity contribution is -0.141. The number of nitrogens with one attached hydrogen (secondary N) is 1. The van der Waals surface area contributed by atoms with Crippen LogP contribution in [0.4, 0.5) is 22.0 Å². The van der Waals surface area contributed by atoms with Crippen molar-refractivity contribution >= 4 is 22.8 Å². The lowest BCUT2D eigenvalue weighted by atomic mass is 9.91. The van der Waals surface area contributed by atoms with Crippen LogP contribution in [0.1, 0.15) is 43.9 Å². The third kappa shape index (κ3) is 3.66. The molecule has 3 rings (SSSR count). The molecule has 2 unspecified atom stereocenters. The summed E-state index contributed by atoms with van der Waals surface area (Å²) in [6.45, 7) is 4.94. The topological polar surface area (TPSA) is 54.4 Å². The first-order valence-corrected chi connectivity index (χ1v) is 9.44. The summed E-state index contributed by atoms with van der Waals surface area (Å²) in [7, 11) is 0. The molecule has 2 aliphatic rings. The van der Waals surface area contributed by atoms with E-state index < -0.39 is 34.0 Å². The molecule has 2 atom stereocenters. The van der Waals surface area contributed by atoms with Crippen LogP contribution >= 0.6 is 11.8 Å². The summed E-state index contributed by atoms with van der Waals surface area (Å²) in [6, 6.07) is 0.887. The van der Waals surface area contributed by atoms with Gasteiger partial charge in [0, 0.05) is 17.8 Å². The summed E-state index contributed by atoms with van der Waals surface area (Å²) in [5.74, 6) is -4.99. The Balaban J connectivity index is 1.84. The van der Waals surface area contributed by atoms with E-state index in [1.165, 1.54) is 0 Å². The molecule has 1 aliphatic carbocycles. The highest BCUT2D eigenvalue weighted by Gasteiger charge is 2.61. The molecule has 0 radical (unpaired) electrons. The number of halogens is 5. The molecule has 10 heteroatoms. The van der Waals surface area contributed by atoms with Gasteiger partial charge in [-0.3, -0.25) is 9.78 Å². The highest BCUT2D eigenvalue weighted by atomic mass is 32.2. The van der Waals surface area contributed by atoms with Gasteiger partial charge in [-0.25, -0.2) is 0 Å². The van der Waals surface area contributed by atoms with Crippen LogP contribution in [0.5, 0.6) is 0 Å². The summed E-state index contributed by atoms with van der Waals surface area (Å²) in [5.41, 5.74) is -1.47. The molecule has 1 N–H and O–H groups in total. The van der Waals surface area contributed by atoms with E-state index in [2.05, 4.69) is 21.9 Å². The average Bonchev–Trinajstić information content (AvgIpc) is 2.92. The third-order valence-electron chi connectivity index (χ3n) is 4.96. The molecule has 0 aromatic carbocycles. The Kier molecular flexibility index (Phi) is 5.28. The van der Waals surface area contributed by atoms with Crippen molar-refractivity contribution in [3.05, 3.63) is 41.7 Å². The third-order valence-corrected chi connectivity index (χ3v) is 6.20. The fourth-order valence-electron chi connectivity index (χ4n) is 3.18. The lowest BCUT2D eigenvalue weighted by Crippen LogP contribution is -2.45. The van der Waals surface area contributed by atoms with Crippen molar-refractivity contribution in [2.24, 2.45) is 4.99 Å². The van der Waals surface area contributed by atoms with E-state index in [0.717, 1.165) is 44.2 Å². The van der Waals surface area contributed by atoms with Crippen LogP contribution in [-0.2, 0) is 16.9 Å². The number of alkyl halides is 5. The van der Waals surface area contributed by atoms with Crippen LogP contribution in [0.25, 0.3) is 0 Å². The Bertz CT molecular complexity index is 839. The van der Waals surface area contributed by atoms with Crippen molar-refractivity contribution in [3.8, 4) is 0 Å². The van der Waals surface area contributed by atoms with Crippen LogP contribution in [0, 0.1) is 0 Å². The fourth-order valence-corrected chi connectivity index (χ4v) is 4.27. The maximum Gasteiger partial charge on any atom is 0.433 e. The zero-order valence-corrected chi connectivity index (χ0v) is 15.8. The van der Waals surface area contributed by atoms with Gasteiger partial charge >= 0.3 is 6.18 Å². The molecule has 1 saturated carbocycles. The Labute approximate surface area is 162 Å². The zero-order valence-electron chi connectivity index (χ0n) is 14.9. The predicted molar refractivity (Wildman–Crippen MR) is 96.1 cm³/mol. The Morgan fingerprint density at radius 2 is 2.00 bits per heavy atom. The van der Waals surface area contributed by atoms with Crippen LogP contribution in [0.3, 0.4) is 0 Å². The molecule has 1 aromatic heterocycles. The highest BCUT2D eigenvalue weighted by Crippen LogP contribution is 2.51. The van der Waals surface area contributed by atoms with Gasteiger partial charge in [-0.15, -0.1) is 0 Å². The first-order valence-electron chi connectivity index (χ1n) is 8.63. The second-order valence-corrected chi connectivity index (χ2v) is 8.37. The van der Waals surface area contributed by atoms with Gasteiger partial charge in [-0.1, -0.05) is 30.3 Å². The number of hydrogen-bond donors (Lipinski definition) is 1. The number of pyridine rings is 1. The molecule has 152 valence electrons. The maximum absolute atomic E-state index is 15.1. The number of amidine groups is 1. The number of aliphatic imine (C=N–C) groups is 1. The van der Waals surface area contributed by atoms with Gasteiger partial charge < -0.3 is 5.32 Å². The summed E-state index contributed by atoms with van der Waals surface area (Å²) in [6.07, 6.45) is -0.731. The number of amides is 1. The first-order chi connectivity index (χ1) is 12.9. The van der Waals surface area contributed by atoms with E-state index in [-0.39, 0.29) is 17.3 Å². The Morgan fingerprint density at radius 3 is 2.64 bits per heavy atom. The molecule has 0 spiro atoms. The molecule has 1 aromatic rings. The van der Waals surface area contributed by atoms with Crippen molar-refractivity contribution in [1.82, 2.24) is 10.3 Å². The molecule has 1 aliphatic heterocycles. The number of carbonyl (C=O) groups excluding carboxylic acids is 1. The van der Waals surface area contributed by atoms with Crippen molar-refractivity contribution in [3.63, 3.8) is 0 Å². The summed E-state index contributed by atoms with van der Waals surface area (Å²) in [5, 5.41) is 3.01. The highest BCUT2D eigenvalue weighted by molar-refractivity contribution is 8.16. The fraction of sp³-hybridized carbons (Fsp3) is 0.500. The van der Waals surface area contributed by atoms with Gasteiger partial charge in [0.05, 0.1) is 0 Å². The number of nitrogens with zero attached hydrogens (tertiary/aromatic N) is 2. The largest absolute Gasteiger partial charge is 0.433 e. The van der Waals surface area contributed by atoms with E-state index in [4.69, 9.17) is 0 Å². The maximum atomic E-state index is 15.1. The van der Waals surface area contributed by atoms with Crippen molar-refractivity contribution in [2.75, 3.05) is 0 Å². The van der Waals surface area contributed by atoms with Gasteiger partial charge in [0.25, 0.3) is 11.8 Å². The van der Waals surface area contributed by atoms with Crippen molar-refractivity contribution < 1.29 is 26.7 Å². The van der Waals surface area contributed by atoms with Crippen LogP contribution in [0.2, 0.25) is 0 Å². The monoisotopic (exact) mass is 419 g/mol. The molecule has 0 bridgehead atoms. The number of rotatable bonds is 3. The molecular weight excluding hydrogens is 401 g/mol. The zero-order chi connectivity index (χ0) is 20.7. The van der Waals surface area contributed by atoms with Crippen LogP contribution in [0.15, 0.2) is 35.5 Å². The first kappa shape index (κ1) is 20.8. The Hall–Kier alpha value is -1.97. The summed E-state index contributed by atoms with van der Waals surface area (Å²) >= 11 is 0.528. The van der Waals surface area contributed by atoms with Crippen LogP contribution < -0.4 is 5.32 Å². The van der Waals surface area contributed by atoms with Crippen LogP contribution in [-0.4, -0.2) is 26.8 Å². The van der Waals surface area contributed by atoms with Gasteiger partial charge in [0.2, 0.25) is 0 Å². The molecular formula is C18H18F5N3OS. The van der Waals surface area contributed by atoms with Crippen molar-refractivity contribution in [2.45, 2.75) is 55.5 Å². The average molecular weight is 419 g/mol. The smallest absolute Gasteiger partial charge is 0.358 e. The molecule has 28 heavy (non-hydrogen) atoms. The Morgan fingerprint density at radius 1 is 1.29 bits per heavy atom. The standard InChI is InChI=1S/C18H18F5N3OS/c1-10-5-3-4-6-12(10)25-15-26-14(27)16(2,28-15)17(19,20)11-7-8-24-13(9-11)18(21,22)23/h7-9,12H,1,3-6H2,2H3,(H,25,26,27). The van der Waals surface area contributed by atoms with E-state index in [9.17, 15) is 18.0 Å². The van der Waals surface area contributed by atoms with E-state index >= 15 is 8.78 Å². The van der Waals surface area contributed by atoms with Gasteiger partial charge in [-0.2, -0.15) is 26.9 Å². The number of hydrogen-bond acceptors (Lipinski definition) is 4. The van der Waals surface area contributed by atoms with Crippen molar-refractivity contribution in [1.29, 1.82) is 0 Å². The molecule has 1 amide bonds. The van der Waals surface area contributed by atoms with E-state index in [0.29, 0.717) is 18.0 Å².